The molecule has 4 nitrogen and oxygen atoms in total. The van der Waals surface area contributed by atoms with Gasteiger partial charge in [-0.15, -0.1) is 0 Å². The van der Waals surface area contributed by atoms with E-state index >= 15 is 0 Å². The summed E-state index contributed by atoms with van der Waals surface area (Å²) in [6.45, 7) is 1.89. The van der Waals surface area contributed by atoms with Crippen LogP contribution in [0.4, 0.5) is 10.2 Å². The van der Waals surface area contributed by atoms with E-state index in [1.54, 1.807) is 25.4 Å². The third kappa shape index (κ3) is 2.10. The molecule has 0 bridgehead atoms. The van der Waals surface area contributed by atoms with E-state index < -0.39 is 5.82 Å². The number of benzene rings is 1. The predicted molar refractivity (Wildman–Crippen MR) is 80.5 cm³/mol. The molecule has 0 saturated carbocycles. The van der Waals surface area contributed by atoms with Gasteiger partial charge in [-0.25, -0.2) is 4.39 Å². The van der Waals surface area contributed by atoms with E-state index in [0.717, 1.165) is 5.56 Å². The Bertz CT molecular complexity index is 822. The molecule has 0 atom stereocenters. The number of aromatic nitrogens is 2. The van der Waals surface area contributed by atoms with Crippen LogP contribution in [0.2, 0.25) is 5.02 Å². The van der Waals surface area contributed by atoms with Crippen LogP contribution in [0.1, 0.15) is 5.56 Å². The summed E-state index contributed by atoms with van der Waals surface area (Å²) in [6.07, 6.45) is 1.56. The smallest absolute Gasteiger partial charge is 0.157 e. The highest BCUT2D eigenvalue weighted by Crippen LogP contribution is 2.39. The number of rotatable bonds is 2. The first-order valence-corrected chi connectivity index (χ1v) is 6.69. The van der Waals surface area contributed by atoms with Gasteiger partial charge in [-0.2, -0.15) is 5.10 Å². The van der Waals surface area contributed by atoms with Crippen molar-refractivity contribution < 1.29 is 8.81 Å². The molecule has 0 spiro atoms. The van der Waals surface area contributed by atoms with Crippen LogP contribution in [0.15, 0.2) is 34.9 Å². The standard InChI is InChI=1S/C15H13ClFN3O/c1-8-6-7-21-14(8)13-11(15(18)20(2)19-13)9-4-3-5-10(16)12(9)17/h3-7H,18H2,1-2H3. The molecule has 1 aromatic carbocycles. The molecule has 0 unspecified atom stereocenters. The number of nitrogens with two attached hydrogens (primary N) is 1. The third-order valence-electron chi connectivity index (χ3n) is 3.39. The number of nitrogens with zero attached hydrogens (tertiary/aromatic N) is 2. The summed E-state index contributed by atoms with van der Waals surface area (Å²) in [6, 6.07) is 6.60. The summed E-state index contributed by atoms with van der Waals surface area (Å²) in [4.78, 5) is 0. The van der Waals surface area contributed by atoms with Crippen LogP contribution in [0.25, 0.3) is 22.6 Å². The minimum Gasteiger partial charge on any atom is -0.462 e. The van der Waals surface area contributed by atoms with Crippen molar-refractivity contribution in [1.82, 2.24) is 9.78 Å². The van der Waals surface area contributed by atoms with Crippen molar-refractivity contribution >= 4 is 17.4 Å². The Balaban J connectivity index is 2.33. The maximum Gasteiger partial charge on any atom is 0.157 e. The van der Waals surface area contributed by atoms with Gasteiger partial charge >= 0.3 is 0 Å². The van der Waals surface area contributed by atoms with E-state index in [-0.39, 0.29) is 5.02 Å². The first-order valence-electron chi connectivity index (χ1n) is 6.32. The number of hydrogen-bond acceptors (Lipinski definition) is 3. The Kier molecular flexibility index (Phi) is 3.22. The molecule has 0 saturated heterocycles. The SMILES string of the molecule is Cc1ccoc1-c1nn(C)c(N)c1-c1cccc(Cl)c1F. The summed E-state index contributed by atoms with van der Waals surface area (Å²) >= 11 is 5.86. The van der Waals surface area contributed by atoms with Crippen LogP contribution >= 0.6 is 11.6 Å². The Labute approximate surface area is 125 Å². The Morgan fingerprint density at radius 1 is 1.33 bits per heavy atom. The number of furan rings is 1. The summed E-state index contributed by atoms with van der Waals surface area (Å²) in [5.74, 6) is 0.392. The highest BCUT2D eigenvalue weighted by atomic mass is 35.5. The van der Waals surface area contributed by atoms with Crippen LogP contribution in [0.5, 0.6) is 0 Å². The Morgan fingerprint density at radius 3 is 2.76 bits per heavy atom. The largest absolute Gasteiger partial charge is 0.462 e. The molecule has 21 heavy (non-hydrogen) atoms. The van der Waals surface area contributed by atoms with E-state index in [1.807, 2.05) is 13.0 Å². The lowest BCUT2D eigenvalue weighted by atomic mass is 10.0. The first-order chi connectivity index (χ1) is 10.0. The summed E-state index contributed by atoms with van der Waals surface area (Å²) < 4.78 is 21.3. The zero-order chi connectivity index (χ0) is 15.1. The molecule has 0 amide bonds. The number of anilines is 1. The molecule has 3 rings (SSSR count). The van der Waals surface area contributed by atoms with E-state index in [0.29, 0.717) is 28.4 Å². The second kappa shape index (κ2) is 4.93. The zero-order valence-electron chi connectivity index (χ0n) is 11.5. The summed E-state index contributed by atoms with van der Waals surface area (Å²) in [5.41, 5.74) is 8.24. The van der Waals surface area contributed by atoms with Crippen LogP contribution in [0.3, 0.4) is 0 Å². The third-order valence-corrected chi connectivity index (χ3v) is 3.68. The van der Waals surface area contributed by atoms with Gasteiger partial charge in [-0.3, -0.25) is 4.68 Å². The van der Waals surface area contributed by atoms with Crippen molar-refractivity contribution in [3.63, 3.8) is 0 Å². The monoisotopic (exact) mass is 305 g/mol. The van der Waals surface area contributed by atoms with Gasteiger partial charge < -0.3 is 10.2 Å². The van der Waals surface area contributed by atoms with E-state index in [2.05, 4.69) is 5.10 Å². The van der Waals surface area contributed by atoms with Gasteiger partial charge in [0.1, 0.15) is 17.3 Å². The minimum atomic E-state index is -0.524. The van der Waals surface area contributed by atoms with E-state index in [9.17, 15) is 4.39 Å². The van der Waals surface area contributed by atoms with Crippen LogP contribution in [-0.4, -0.2) is 9.78 Å². The molecule has 0 aliphatic rings. The lowest BCUT2D eigenvalue weighted by Crippen LogP contribution is -1.98. The molecule has 0 aliphatic carbocycles. The second-order valence-electron chi connectivity index (χ2n) is 4.77. The van der Waals surface area contributed by atoms with Gasteiger partial charge in [0.2, 0.25) is 0 Å². The molecule has 0 radical (unpaired) electrons. The molecule has 3 aromatic rings. The highest BCUT2D eigenvalue weighted by Gasteiger charge is 2.23. The summed E-state index contributed by atoms with van der Waals surface area (Å²) in [5, 5.41) is 4.39. The molecular formula is C15H13ClFN3O. The normalized spacial score (nSPS) is 11.0. The number of halogens is 2. The molecule has 2 heterocycles. The first kappa shape index (κ1) is 13.7. The molecule has 108 valence electrons. The number of aryl methyl sites for hydroxylation is 2. The maximum atomic E-state index is 14.3. The average Bonchev–Trinajstić information content (AvgIpc) is 2.99. The van der Waals surface area contributed by atoms with Gasteiger partial charge in [0, 0.05) is 12.6 Å². The lowest BCUT2D eigenvalue weighted by molar-refractivity contribution is 0.576. The minimum absolute atomic E-state index is 0.0397. The van der Waals surface area contributed by atoms with Gasteiger partial charge in [-0.1, -0.05) is 23.7 Å². The van der Waals surface area contributed by atoms with Crippen molar-refractivity contribution in [3.05, 3.63) is 46.9 Å². The van der Waals surface area contributed by atoms with Crippen molar-refractivity contribution in [2.45, 2.75) is 6.92 Å². The molecular weight excluding hydrogens is 293 g/mol. The number of nitrogen functional groups attached to an aromatic ring is 1. The van der Waals surface area contributed by atoms with Crippen LogP contribution in [0, 0.1) is 12.7 Å². The second-order valence-corrected chi connectivity index (χ2v) is 5.17. The highest BCUT2D eigenvalue weighted by molar-refractivity contribution is 6.31. The molecule has 0 fully saturated rings. The Morgan fingerprint density at radius 2 is 2.10 bits per heavy atom. The number of hydrogen-bond donors (Lipinski definition) is 1. The molecule has 0 aliphatic heterocycles. The van der Waals surface area contributed by atoms with Crippen molar-refractivity contribution in [3.8, 4) is 22.6 Å². The topological polar surface area (TPSA) is 57.0 Å². The fourth-order valence-electron chi connectivity index (χ4n) is 2.27. The van der Waals surface area contributed by atoms with Gasteiger partial charge in [0.25, 0.3) is 0 Å². The molecule has 2 aromatic heterocycles. The van der Waals surface area contributed by atoms with Crippen molar-refractivity contribution in [2.24, 2.45) is 7.05 Å². The van der Waals surface area contributed by atoms with Gasteiger partial charge in [0.05, 0.1) is 16.8 Å². The van der Waals surface area contributed by atoms with Crippen LogP contribution < -0.4 is 5.73 Å². The zero-order valence-corrected chi connectivity index (χ0v) is 12.3. The fourth-order valence-corrected chi connectivity index (χ4v) is 2.45. The fraction of sp³-hybridized carbons (Fsp3) is 0.133. The van der Waals surface area contributed by atoms with E-state index in [1.165, 1.54) is 10.7 Å². The van der Waals surface area contributed by atoms with Crippen LogP contribution in [-0.2, 0) is 7.05 Å². The average molecular weight is 306 g/mol. The summed E-state index contributed by atoms with van der Waals surface area (Å²) in [7, 11) is 1.70. The maximum absolute atomic E-state index is 14.3. The lowest BCUT2D eigenvalue weighted by Gasteiger charge is -2.06. The Hall–Kier alpha value is -2.27. The predicted octanol–water partition coefficient (Wildman–Crippen LogP) is 4.03. The van der Waals surface area contributed by atoms with Crippen molar-refractivity contribution in [1.29, 1.82) is 0 Å². The van der Waals surface area contributed by atoms with Gasteiger partial charge in [0.15, 0.2) is 5.76 Å². The van der Waals surface area contributed by atoms with Crippen molar-refractivity contribution in [2.75, 3.05) is 5.73 Å². The van der Waals surface area contributed by atoms with E-state index in [4.69, 9.17) is 21.8 Å². The van der Waals surface area contributed by atoms with Gasteiger partial charge in [-0.05, 0) is 24.6 Å². The quantitative estimate of drug-likeness (QED) is 0.777. The molecule has 6 heteroatoms. The molecule has 2 N–H and O–H groups in total.